The molecule has 0 heterocycles. The van der Waals surface area contributed by atoms with Gasteiger partial charge < -0.3 is 10.2 Å². The van der Waals surface area contributed by atoms with Crippen molar-refractivity contribution in [1.82, 2.24) is 0 Å². The normalized spacial score (nSPS) is 38.8. The Morgan fingerprint density at radius 3 is 2.54 bits per heavy atom. The molecule has 0 fully saturated rings. The first kappa shape index (κ1) is 10.5. The summed E-state index contributed by atoms with van der Waals surface area (Å²) >= 11 is 0. The Bertz CT molecular complexity index is 249. The number of aliphatic hydroxyl groups is 2. The van der Waals surface area contributed by atoms with Crippen LogP contribution in [0.5, 0.6) is 0 Å². The van der Waals surface area contributed by atoms with Crippen LogP contribution in [0, 0.1) is 5.41 Å². The Balaban J connectivity index is 3.00. The second-order valence-corrected chi connectivity index (χ2v) is 4.72. The van der Waals surface area contributed by atoms with E-state index in [9.17, 15) is 10.2 Å². The lowest BCUT2D eigenvalue weighted by Gasteiger charge is -2.29. The largest absolute Gasteiger partial charge is 0.388 e. The smallest absolute Gasteiger partial charge is 0.101 e. The van der Waals surface area contributed by atoms with E-state index in [2.05, 4.69) is 6.58 Å². The lowest BCUT2D eigenvalue weighted by molar-refractivity contribution is 0.0871. The lowest BCUT2D eigenvalue weighted by Crippen LogP contribution is -2.29. The van der Waals surface area contributed by atoms with Crippen molar-refractivity contribution >= 4 is 0 Å². The van der Waals surface area contributed by atoms with E-state index < -0.39 is 11.7 Å². The van der Waals surface area contributed by atoms with Gasteiger partial charge in [0, 0.05) is 0 Å². The third-order valence-electron chi connectivity index (χ3n) is 2.79. The molecule has 1 aliphatic carbocycles. The predicted molar refractivity (Wildman–Crippen MR) is 53.3 cm³/mol. The maximum Gasteiger partial charge on any atom is 0.101 e. The van der Waals surface area contributed by atoms with E-state index in [1.165, 1.54) is 0 Å². The minimum atomic E-state index is -0.977. The van der Waals surface area contributed by atoms with Gasteiger partial charge in [0.05, 0.1) is 6.10 Å². The van der Waals surface area contributed by atoms with Crippen LogP contribution in [0.2, 0.25) is 0 Å². The van der Waals surface area contributed by atoms with Gasteiger partial charge in [-0.1, -0.05) is 32.6 Å². The van der Waals surface area contributed by atoms with Gasteiger partial charge in [0.1, 0.15) is 5.60 Å². The number of hydrogen-bond donors (Lipinski definition) is 2. The first-order valence-electron chi connectivity index (χ1n) is 4.54. The molecule has 0 radical (unpaired) electrons. The van der Waals surface area contributed by atoms with Gasteiger partial charge in [0.2, 0.25) is 0 Å². The number of aliphatic hydroxyl groups excluding tert-OH is 1. The Morgan fingerprint density at radius 2 is 2.00 bits per heavy atom. The molecule has 0 aliphatic heterocycles. The fourth-order valence-electron chi connectivity index (χ4n) is 1.49. The van der Waals surface area contributed by atoms with E-state index in [0.29, 0.717) is 6.42 Å². The van der Waals surface area contributed by atoms with Gasteiger partial charge in [-0.25, -0.2) is 0 Å². The zero-order valence-electron chi connectivity index (χ0n) is 8.54. The third-order valence-corrected chi connectivity index (χ3v) is 2.79. The van der Waals surface area contributed by atoms with Crippen molar-refractivity contribution in [2.24, 2.45) is 5.41 Å². The second kappa shape index (κ2) is 2.96. The monoisotopic (exact) mass is 182 g/mol. The van der Waals surface area contributed by atoms with Crippen LogP contribution in [0.25, 0.3) is 0 Å². The van der Waals surface area contributed by atoms with E-state index in [0.717, 1.165) is 5.57 Å². The maximum atomic E-state index is 9.88. The van der Waals surface area contributed by atoms with Crippen molar-refractivity contribution in [2.75, 3.05) is 0 Å². The molecule has 2 atom stereocenters. The van der Waals surface area contributed by atoms with Gasteiger partial charge >= 0.3 is 0 Å². The molecular weight excluding hydrogens is 164 g/mol. The molecule has 2 heteroatoms. The first-order chi connectivity index (χ1) is 5.76. The summed E-state index contributed by atoms with van der Waals surface area (Å²) in [4.78, 5) is 0. The highest BCUT2D eigenvalue weighted by Crippen LogP contribution is 2.37. The van der Waals surface area contributed by atoms with Gasteiger partial charge in [0.15, 0.2) is 0 Å². The van der Waals surface area contributed by atoms with Crippen molar-refractivity contribution in [3.8, 4) is 0 Å². The fraction of sp³-hybridized carbons (Fsp3) is 0.636. The van der Waals surface area contributed by atoms with Gasteiger partial charge in [-0.15, -0.1) is 0 Å². The fourth-order valence-corrected chi connectivity index (χ4v) is 1.49. The van der Waals surface area contributed by atoms with Crippen LogP contribution in [0.3, 0.4) is 0 Å². The molecule has 1 rings (SSSR count). The maximum absolute atomic E-state index is 9.88. The van der Waals surface area contributed by atoms with Gasteiger partial charge in [-0.05, 0) is 24.3 Å². The van der Waals surface area contributed by atoms with Crippen LogP contribution in [0.4, 0.5) is 0 Å². The molecule has 1 aliphatic rings. The van der Waals surface area contributed by atoms with Gasteiger partial charge in [0.25, 0.3) is 0 Å². The predicted octanol–water partition coefficient (Wildman–Crippen LogP) is 1.64. The molecule has 74 valence electrons. The zero-order valence-corrected chi connectivity index (χ0v) is 8.54. The molecular formula is C11H18O2. The molecule has 0 bridgehead atoms. The van der Waals surface area contributed by atoms with E-state index in [4.69, 9.17) is 0 Å². The topological polar surface area (TPSA) is 40.5 Å². The molecule has 0 saturated heterocycles. The summed E-state index contributed by atoms with van der Waals surface area (Å²) in [6.45, 7) is 9.47. The lowest BCUT2D eigenvalue weighted by atomic mass is 9.80. The van der Waals surface area contributed by atoms with Crippen molar-refractivity contribution in [1.29, 1.82) is 0 Å². The summed E-state index contributed by atoms with van der Waals surface area (Å²) in [6, 6.07) is 0. The van der Waals surface area contributed by atoms with Crippen LogP contribution in [-0.4, -0.2) is 21.9 Å². The van der Waals surface area contributed by atoms with E-state index in [1.54, 1.807) is 19.1 Å². The van der Waals surface area contributed by atoms with Crippen LogP contribution < -0.4 is 0 Å². The molecule has 0 saturated carbocycles. The van der Waals surface area contributed by atoms with E-state index in [1.807, 2.05) is 13.8 Å². The van der Waals surface area contributed by atoms with Gasteiger partial charge in [-0.2, -0.15) is 0 Å². The van der Waals surface area contributed by atoms with Crippen molar-refractivity contribution < 1.29 is 10.2 Å². The molecule has 0 spiro atoms. The summed E-state index contributed by atoms with van der Waals surface area (Å²) in [5, 5.41) is 19.6. The van der Waals surface area contributed by atoms with E-state index in [-0.39, 0.29) is 5.41 Å². The standard InChI is InChI=1S/C11H18O2/c1-8-7-10(2,3)9(12)5-6-11(8,4)13/h5-6,9,12-13H,1,7H2,2-4H3/t9-,11-/m1/s1. The summed E-state index contributed by atoms with van der Waals surface area (Å²) in [5.41, 5.74) is -0.465. The Kier molecular flexibility index (Phi) is 2.39. The molecule has 0 aromatic rings. The Morgan fingerprint density at radius 1 is 1.46 bits per heavy atom. The molecule has 2 N–H and O–H groups in total. The summed E-state index contributed by atoms with van der Waals surface area (Å²) in [6.07, 6.45) is 3.39. The minimum absolute atomic E-state index is 0.242. The first-order valence-corrected chi connectivity index (χ1v) is 4.54. The quantitative estimate of drug-likeness (QED) is 0.559. The van der Waals surface area contributed by atoms with Gasteiger partial charge in [-0.3, -0.25) is 0 Å². The summed E-state index contributed by atoms with van der Waals surface area (Å²) in [7, 11) is 0. The van der Waals surface area contributed by atoms with Crippen LogP contribution >= 0.6 is 0 Å². The van der Waals surface area contributed by atoms with E-state index >= 15 is 0 Å². The second-order valence-electron chi connectivity index (χ2n) is 4.72. The van der Waals surface area contributed by atoms with Crippen LogP contribution in [0.15, 0.2) is 24.3 Å². The average Bonchev–Trinajstić information content (AvgIpc) is 2.03. The summed E-state index contributed by atoms with van der Waals surface area (Å²) < 4.78 is 0. The van der Waals surface area contributed by atoms with Crippen molar-refractivity contribution in [2.45, 2.75) is 38.9 Å². The van der Waals surface area contributed by atoms with Crippen molar-refractivity contribution in [3.63, 3.8) is 0 Å². The minimum Gasteiger partial charge on any atom is -0.388 e. The highest BCUT2D eigenvalue weighted by Gasteiger charge is 2.35. The molecule has 0 amide bonds. The van der Waals surface area contributed by atoms with Crippen LogP contribution in [-0.2, 0) is 0 Å². The number of rotatable bonds is 0. The molecule has 2 nitrogen and oxygen atoms in total. The molecule has 13 heavy (non-hydrogen) atoms. The zero-order chi connectivity index (χ0) is 10.3. The van der Waals surface area contributed by atoms with Crippen molar-refractivity contribution in [3.05, 3.63) is 24.3 Å². The Labute approximate surface area is 79.6 Å². The Hall–Kier alpha value is -0.600. The highest BCUT2D eigenvalue weighted by molar-refractivity contribution is 5.26. The number of hydrogen-bond acceptors (Lipinski definition) is 2. The third kappa shape index (κ3) is 2.01. The molecule has 0 aromatic carbocycles. The molecule has 0 unspecified atom stereocenters. The molecule has 0 aromatic heterocycles. The average molecular weight is 182 g/mol. The van der Waals surface area contributed by atoms with Crippen LogP contribution in [0.1, 0.15) is 27.2 Å². The highest BCUT2D eigenvalue weighted by atomic mass is 16.3. The SMILES string of the molecule is C=C1CC(C)(C)[C@H](O)C=C[C@@]1(C)O. The summed E-state index contributed by atoms with van der Waals surface area (Å²) in [5.74, 6) is 0.